The van der Waals surface area contributed by atoms with Crippen molar-refractivity contribution < 1.29 is 19.0 Å². The van der Waals surface area contributed by atoms with E-state index in [0.29, 0.717) is 44.0 Å². The molecule has 0 radical (unpaired) electrons. The van der Waals surface area contributed by atoms with Crippen LogP contribution in [0.3, 0.4) is 0 Å². The Morgan fingerprint density at radius 1 is 1.39 bits per heavy atom. The van der Waals surface area contributed by atoms with Crippen molar-refractivity contribution in [1.29, 1.82) is 0 Å². The van der Waals surface area contributed by atoms with Crippen molar-refractivity contribution in [1.82, 2.24) is 4.90 Å². The summed E-state index contributed by atoms with van der Waals surface area (Å²) in [5.74, 6) is 0.0109. The van der Waals surface area contributed by atoms with Gasteiger partial charge in [0.1, 0.15) is 5.82 Å². The van der Waals surface area contributed by atoms with Crippen LogP contribution in [0.25, 0.3) is 0 Å². The highest BCUT2D eigenvalue weighted by molar-refractivity contribution is 5.67. The summed E-state index contributed by atoms with van der Waals surface area (Å²) in [7, 11) is 0. The van der Waals surface area contributed by atoms with Crippen molar-refractivity contribution in [2.45, 2.75) is 39.0 Å². The van der Waals surface area contributed by atoms with E-state index < -0.39 is 5.41 Å². The predicted octanol–water partition coefficient (Wildman–Crippen LogP) is 3.25. The molecule has 1 N–H and O–H groups in total. The number of hydrogen-bond acceptors (Lipinski definition) is 3. The molecule has 5 heteroatoms. The minimum Gasteiger partial charge on any atom is -0.449 e. The molecule has 23 heavy (non-hydrogen) atoms. The number of amides is 1. The van der Waals surface area contributed by atoms with Crippen LogP contribution in [-0.2, 0) is 10.2 Å². The summed E-state index contributed by atoms with van der Waals surface area (Å²) in [6, 6.07) is 5.11. The molecule has 1 fully saturated rings. The van der Waals surface area contributed by atoms with Crippen LogP contribution >= 0.6 is 0 Å². The van der Waals surface area contributed by atoms with Gasteiger partial charge < -0.3 is 14.7 Å². The molecule has 1 amide bonds. The van der Waals surface area contributed by atoms with Crippen molar-refractivity contribution in [3.8, 4) is 0 Å². The van der Waals surface area contributed by atoms with Gasteiger partial charge in [0, 0.05) is 18.5 Å². The number of rotatable bonds is 4. The van der Waals surface area contributed by atoms with Crippen molar-refractivity contribution >= 4 is 6.09 Å². The first kappa shape index (κ1) is 17.7. The lowest BCUT2D eigenvalue weighted by molar-refractivity contribution is 0.0609. The normalized spacial score (nSPS) is 17.4. The van der Waals surface area contributed by atoms with E-state index in [0.717, 1.165) is 5.56 Å². The number of aliphatic hydroxyl groups excluding tert-OH is 1. The van der Waals surface area contributed by atoms with Gasteiger partial charge in [-0.05, 0) is 42.9 Å². The van der Waals surface area contributed by atoms with E-state index in [1.807, 2.05) is 26.8 Å². The molecule has 4 nitrogen and oxygen atoms in total. The zero-order valence-electron chi connectivity index (χ0n) is 14.1. The van der Waals surface area contributed by atoms with Crippen LogP contribution in [-0.4, -0.2) is 42.4 Å². The molecule has 0 aliphatic carbocycles. The fourth-order valence-electron chi connectivity index (χ4n) is 3.01. The molecular weight excluding hydrogens is 297 g/mol. The summed E-state index contributed by atoms with van der Waals surface area (Å²) in [5, 5.41) is 9.89. The smallest absolute Gasteiger partial charge is 0.409 e. The van der Waals surface area contributed by atoms with Crippen LogP contribution in [0.2, 0.25) is 0 Å². The van der Waals surface area contributed by atoms with Gasteiger partial charge in [-0.2, -0.15) is 0 Å². The Balaban J connectivity index is 2.06. The average Bonchev–Trinajstić information content (AvgIpc) is 2.52. The largest absolute Gasteiger partial charge is 0.449 e. The number of carbonyl (C=O) groups is 1. The third kappa shape index (κ3) is 4.02. The Bertz CT molecular complexity index is 551. The van der Waals surface area contributed by atoms with Gasteiger partial charge in [-0.1, -0.05) is 26.0 Å². The highest BCUT2D eigenvalue weighted by Crippen LogP contribution is 2.37. The third-order valence-electron chi connectivity index (χ3n) is 4.52. The van der Waals surface area contributed by atoms with Crippen LogP contribution in [0.5, 0.6) is 0 Å². The van der Waals surface area contributed by atoms with E-state index in [1.54, 1.807) is 11.0 Å². The maximum absolute atomic E-state index is 14.3. The Kier molecular flexibility index (Phi) is 5.63. The van der Waals surface area contributed by atoms with E-state index >= 15 is 0 Å². The molecule has 1 saturated heterocycles. The molecule has 0 bridgehead atoms. The summed E-state index contributed by atoms with van der Waals surface area (Å²) >= 11 is 0. The van der Waals surface area contributed by atoms with E-state index in [1.165, 1.54) is 6.07 Å². The number of halogens is 1. The number of nitrogens with zero attached hydrogens (tertiary/aromatic N) is 1. The van der Waals surface area contributed by atoms with Gasteiger partial charge in [0.2, 0.25) is 0 Å². The summed E-state index contributed by atoms with van der Waals surface area (Å²) in [6.07, 6.45) is 0.732. The van der Waals surface area contributed by atoms with Gasteiger partial charge in [-0.15, -0.1) is 0 Å². The van der Waals surface area contributed by atoms with Crippen molar-refractivity contribution in [2.24, 2.45) is 5.92 Å². The van der Waals surface area contributed by atoms with Crippen LogP contribution in [0.1, 0.15) is 37.8 Å². The molecule has 0 unspecified atom stereocenters. The number of hydrogen-bond donors (Lipinski definition) is 1. The lowest BCUT2D eigenvalue weighted by Crippen LogP contribution is -2.47. The first-order valence-corrected chi connectivity index (χ1v) is 8.17. The van der Waals surface area contributed by atoms with Gasteiger partial charge in [0.25, 0.3) is 0 Å². The minimum atomic E-state index is -0.618. The molecule has 0 aromatic heterocycles. The second kappa shape index (κ2) is 7.30. The highest BCUT2D eigenvalue weighted by Gasteiger charge is 2.39. The number of piperidine rings is 1. The number of carbonyl (C=O) groups excluding carboxylic acids is 1. The van der Waals surface area contributed by atoms with Gasteiger partial charge >= 0.3 is 6.09 Å². The predicted molar refractivity (Wildman–Crippen MR) is 86.9 cm³/mol. The molecule has 1 heterocycles. The molecule has 0 spiro atoms. The maximum Gasteiger partial charge on any atom is 0.409 e. The summed E-state index contributed by atoms with van der Waals surface area (Å²) < 4.78 is 19.6. The molecule has 0 atom stereocenters. The second-order valence-electron chi connectivity index (χ2n) is 6.88. The number of aliphatic hydroxyl groups is 1. The van der Waals surface area contributed by atoms with Crippen LogP contribution in [0.4, 0.5) is 9.18 Å². The second-order valence-corrected chi connectivity index (χ2v) is 6.88. The SMILES string of the molecule is Cc1ccc(C2(CO)CCN(C(=O)OCC(C)C)CC2)c(F)c1. The van der Waals surface area contributed by atoms with E-state index in [4.69, 9.17) is 4.74 Å². The van der Waals surface area contributed by atoms with Crippen molar-refractivity contribution in [2.75, 3.05) is 26.3 Å². The Labute approximate surface area is 137 Å². The minimum absolute atomic E-state index is 0.123. The zero-order chi connectivity index (χ0) is 17.0. The Morgan fingerprint density at radius 3 is 2.57 bits per heavy atom. The lowest BCUT2D eigenvalue weighted by atomic mass is 9.73. The molecule has 128 valence electrons. The van der Waals surface area contributed by atoms with Gasteiger partial charge in [0.15, 0.2) is 0 Å². The topological polar surface area (TPSA) is 49.8 Å². The van der Waals surface area contributed by atoms with Crippen molar-refractivity contribution in [3.05, 3.63) is 35.1 Å². The number of benzene rings is 1. The summed E-state index contributed by atoms with van der Waals surface area (Å²) in [4.78, 5) is 13.7. The number of likely N-dealkylation sites (tertiary alicyclic amines) is 1. The molecule has 1 aliphatic rings. The molecule has 2 rings (SSSR count). The molecule has 1 aliphatic heterocycles. The number of ether oxygens (including phenoxy) is 1. The van der Waals surface area contributed by atoms with Gasteiger partial charge in [-0.25, -0.2) is 9.18 Å². The standard InChI is InChI=1S/C18H26FNO3/c1-13(2)11-23-17(22)20-8-6-18(12-21,7-9-20)15-5-4-14(3)10-16(15)19/h4-5,10,13,21H,6-9,11-12H2,1-3H3. The Hall–Kier alpha value is -1.62. The Morgan fingerprint density at radius 2 is 2.04 bits per heavy atom. The van der Waals surface area contributed by atoms with Crippen LogP contribution in [0, 0.1) is 18.7 Å². The average molecular weight is 323 g/mol. The fraction of sp³-hybridized carbons (Fsp3) is 0.611. The quantitative estimate of drug-likeness (QED) is 0.925. The van der Waals surface area contributed by atoms with Crippen molar-refractivity contribution in [3.63, 3.8) is 0 Å². The summed E-state index contributed by atoms with van der Waals surface area (Å²) in [6.45, 7) is 7.01. The molecule has 1 aromatic rings. The first-order valence-electron chi connectivity index (χ1n) is 8.17. The molecule has 1 aromatic carbocycles. The van der Waals surface area contributed by atoms with Gasteiger partial charge in [0.05, 0.1) is 13.2 Å². The number of aryl methyl sites for hydroxylation is 1. The van der Waals surface area contributed by atoms with E-state index in [9.17, 15) is 14.3 Å². The molecule has 0 saturated carbocycles. The summed E-state index contributed by atoms with van der Waals surface area (Å²) in [5.41, 5.74) is 0.780. The van der Waals surface area contributed by atoms with Gasteiger partial charge in [-0.3, -0.25) is 0 Å². The first-order chi connectivity index (χ1) is 10.9. The monoisotopic (exact) mass is 323 g/mol. The maximum atomic E-state index is 14.3. The third-order valence-corrected chi connectivity index (χ3v) is 4.52. The van der Waals surface area contributed by atoms with E-state index in [-0.39, 0.29) is 18.5 Å². The molecular formula is C18H26FNO3. The zero-order valence-corrected chi connectivity index (χ0v) is 14.1. The van der Waals surface area contributed by atoms with Crippen LogP contribution in [0.15, 0.2) is 18.2 Å². The highest BCUT2D eigenvalue weighted by atomic mass is 19.1. The lowest BCUT2D eigenvalue weighted by Gasteiger charge is -2.40. The fourth-order valence-corrected chi connectivity index (χ4v) is 3.01. The van der Waals surface area contributed by atoms with Crippen LogP contribution < -0.4 is 0 Å². The van der Waals surface area contributed by atoms with E-state index in [2.05, 4.69) is 0 Å².